The molecule has 0 unspecified atom stereocenters. The third-order valence-electron chi connectivity index (χ3n) is 8.21. The minimum absolute atomic E-state index is 0.0344. The van der Waals surface area contributed by atoms with Crippen LogP contribution in [0.2, 0.25) is 0 Å². The molecule has 262 valence electrons. The van der Waals surface area contributed by atoms with Gasteiger partial charge in [-0.15, -0.1) is 0 Å². The Bertz CT molecular complexity index is 1590. The number of carbonyl (C=O) groups excluding carboxylic acids is 2. The van der Waals surface area contributed by atoms with Crippen molar-refractivity contribution in [3.8, 4) is 0 Å². The maximum atomic E-state index is 14.0. The summed E-state index contributed by atoms with van der Waals surface area (Å²) in [6.45, 7) is 8.13. The van der Waals surface area contributed by atoms with E-state index in [2.05, 4.69) is 17.6 Å². The van der Waals surface area contributed by atoms with Gasteiger partial charge in [-0.05, 0) is 73.6 Å². The maximum absolute atomic E-state index is 14.0. The molecule has 3 atom stereocenters. The quantitative estimate of drug-likeness (QED) is 0.141. The number of amides is 1. The first kappa shape index (κ1) is 38.8. The molecule has 3 rings (SSSR count). The minimum atomic E-state index is -3.85. The monoisotopic (exact) mass is 685 g/mol. The van der Waals surface area contributed by atoms with Crippen LogP contribution in [0.15, 0.2) is 66.7 Å². The van der Waals surface area contributed by atoms with Gasteiger partial charge >= 0.3 is 5.97 Å². The lowest BCUT2D eigenvalue weighted by molar-refractivity contribution is -0.151. The molecule has 0 aliphatic rings. The molecule has 0 saturated heterocycles. The molecule has 11 heteroatoms. The van der Waals surface area contributed by atoms with Crippen molar-refractivity contribution < 1.29 is 31.5 Å². The zero-order valence-corrected chi connectivity index (χ0v) is 29.1. The zero-order valence-electron chi connectivity index (χ0n) is 28.3. The Labute approximate surface area is 283 Å². The Balaban J connectivity index is 1.90. The smallest absolute Gasteiger partial charge is 0.330 e. The van der Waals surface area contributed by atoms with Crippen molar-refractivity contribution in [2.45, 2.75) is 96.2 Å². The lowest BCUT2D eigenvalue weighted by Crippen LogP contribution is -2.52. The van der Waals surface area contributed by atoms with Crippen molar-refractivity contribution in [1.82, 2.24) is 10.6 Å². The summed E-state index contributed by atoms with van der Waals surface area (Å²) in [4.78, 5) is 27.2. The maximum Gasteiger partial charge on any atom is 0.330 e. The van der Waals surface area contributed by atoms with E-state index >= 15 is 0 Å². The number of benzene rings is 3. The van der Waals surface area contributed by atoms with Crippen LogP contribution in [0.3, 0.4) is 0 Å². The van der Waals surface area contributed by atoms with Crippen LogP contribution < -0.4 is 16.4 Å². The fourth-order valence-electron chi connectivity index (χ4n) is 5.67. The lowest BCUT2D eigenvalue weighted by atomic mass is 10.0. The molecule has 3 aromatic rings. The second kappa shape index (κ2) is 18.8. The normalized spacial score (nSPS) is 13.6. The zero-order chi connectivity index (χ0) is 35.3. The van der Waals surface area contributed by atoms with Crippen LogP contribution in [0.1, 0.15) is 79.1 Å². The van der Waals surface area contributed by atoms with Gasteiger partial charge in [0.1, 0.15) is 23.8 Å². The number of nitrogens with one attached hydrogen (secondary N) is 2. The molecule has 3 aromatic carbocycles. The molecule has 4 N–H and O–H groups in total. The summed E-state index contributed by atoms with van der Waals surface area (Å²) >= 11 is 0. The van der Waals surface area contributed by atoms with E-state index in [1.165, 1.54) is 0 Å². The number of hydrogen-bond acceptors (Lipinski definition) is 7. The number of hydrogen-bond donors (Lipinski definition) is 3. The fraction of sp³-hybridized carbons (Fsp3) is 0.459. The summed E-state index contributed by atoms with van der Waals surface area (Å²) < 4.78 is 61.2. The highest BCUT2D eigenvalue weighted by atomic mass is 32.2. The molecule has 48 heavy (non-hydrogen) atoms. The molecular weight excluding hydrogens is 636 g/mol. The molecule has 0 spiro atoms. The average Bonchev–Trinajstić information content (AvgIpc) is 3.03. The van der Waals surface area contributed by atoms with Crippen molar-refractivity contribution in [3.63, 3.8) is 0 Å². The van der Waals surface area contributed by atoms with E-state index < -0.39 is 62.5 Å². The standard InChI is InChI=1S/C37H49F2N3O5S/c1-5-10-32(11-6-2)48(45,46)24-34(42-36(43)29-15-8-12-25(4)16-29)37(44)47-35(23-41-22-27-14-9-13-26(7-3)17-27)33(40)20-28-18-30(38)21-31(39)19-28/h8-9,12-19,21,32-35,41H,5-7,10-11,20,22-24,40H2,1-4H3,(H,42,43)/t33-,34-,35+/m0/s1. The molecule has 0 aliphatic heterocycles. The molecule has 1 amide bonds. The van der Waals surface area contributed by atoms with Crippen LogP contribution >= 0.6 is 0 Å². The van der Waals surface area contributed by atoms with Gasteiger partial charge < -0.3 is 21.1 Å². The molecule has 0 heterocycles. The van der Waals surface area contributed by atoms with Gasteiger partial charge in [-0.2, -0.15) is 0 Å². The molecule has 0 bridgehead atoms. The third-order valence-corrected chi connectivity index (χ3v) is 10.5. The number of rotatable bonds is 19. The van der Waals surface area contributed by atoms with E-state index in [-0.39, 0.29) is 24.1 Å². The molecule has 0 aromatic heterocycles. The van der Waals surface area contributed by atoms with Gasteiger partial charge in [0.2, 0.25) is 0 Å². The number of halogens is 2. The van der Waals surface area contributed by atoms with Crippen LogP contribution in [0.25, 0.3) is 0 Å². The predicted molar refractivity (Wildman–Crippen MR) is 185 cm³/mol. The Kier molecular flexibility index (Phi) is 15.2. The SMILES string of the molecule is CCCC(CCC)S(=O)(=O)C[C@H](NC(=O)c1cccc(C)c1)C(=O)O[C@H](CNCc1cccc(CC)c1)[C@@H](N)Cc1cc(F)cc(F)c1. The Morgan fingerprint density at radius 2 is 1.52 bits per heavy atom. The largest absolute Gasteiger partial charge is 0.458 e. The van der Waals surface area contributed by atoms with E-state index in [0.29, 0.717) is 32.2 Å². The molecular formula is C37H49F2N3O5S. The van der Waals surface area contributed by atoms with Crippen LogP contribution in [0, 0.1) is 18.6 Å². The number of nitrogens with two attached hydrogens (primary N) is 1. The van der Waals surface area contributed by atoms with Crippen molar-refractivity contribution in [1.29, 1.82) is 0 Å². The molecule has 8 nitrogen and oxygen atoms in total. The number of carbonyl (C=O) groups is 2. The van der Waals surface area contributed by atoms with Crippen molar-refractivity contribution in [2.24, 2.45) is 5.73 Å². The van der Waals surface area contributed by atoms with E-state index in [1.54, 1.807) is 18.2 Å². The number of aryl methyl sites for hydroxylation is 2. The van der Waals surface area contributed by atoms with E-state index in [0.717, 1.165) is 41.3 Å². The second-order valence-electron chi connectivity index (χ2n) is 12.3. The van der Waals surface area contributed by atoms with E-state index in [9.17, 15) is 26.8 Å². The summed E-state index contributed by atoms with van der Waals surface area (Å²) in [5, 5.41) is 5.17. The Morgan fingerprint density at radius 1 is 0.875 bits per heavy atom. The van der Waals surface area contributed by atoms with Gasteiger partial charge in [0, 0.05) is 30.8 Å². The van der Waals surface area contributed by atoms with Gasteiger partial charge in [-0.1, -0.05) is 75.6 Å². The molecule has 0 fully saturated rings. The van der Waals surface area contributed by atoms with Crippen molar-refractivity contribution >= 4 is 21.7 Å². The minimum Gasteiger partial charge on any atom is -0.458 e. The third kappa shape index (κ3) is 12.1. The summed E-state index contributed by atoms with van der Waals surface area (Å²) in [5.74, 6) is -3.77. The van der Waals surface area contributed by atoms with Crippen LogP contribution in [0.5, 0.6) is 0 Å². The predicted octanol–water partition coefficient (Wildman–Crippen LogP) is 5.59. The first-order chi connectivity index (χ1) is 22.8. The van der Waals surface area contributed by atoms with Crippen LogP contribution in [0.4, 0.5) is 8.78 Å². The van der Waals surface area contributed by atoms with Gasteiger partial charge in [0.15, 0.2) is 9.84 Å². The number of sulfone groups is 1. The number of ether oxygens (including phenoxy) is 1. The number of esters is 1. The van der Waals surface area contributed by atoms with Gasteiger partial charge in [-0.25, -0.2) is 22.0 Å². The highest BCUT2D eigenvalue weighted by molar-refractivity contribution is 7.92. The van der Waals surface area contributed by atoms with Gasteiger partial charge in [0.25, 0.3) is 5.91 Å². The van der Waals surface area contributed by atoms with Crippen LogP contribution in [-0.4, -0.2) is 56.0 Å². The van der Waals surface area contributed by atoms with Crippen LogP contribution in [-0.2, 0) is 38.8 Å². The highest BCUT2D eigenvalue weighted by Gasteiger charge is 2.35. The first-order valence-electron chi connectivity index (χ1n) is 16.6. The fourth-order valence-corrected chi connectivity index (χ4v) is 7.82. The second-order valence-corrected chi connectivity index (χ2v) is 14.7. The summed E-state index contributed by atoms with van der Waals surface area (Å²) in [6.07, 6.45) is 1.90. The van der Waals surface area contributed by atoms with E-state index in [1.807, 2.05) is 51.1 Å². The molecule has 0 aliphatic carbocycles. The van der Waals surface area contributed by atoms with Crippen molar-refractivity contribution in [2.75, 3.05) is 12.3 Å². The average molecular weight is 686 g/mol. The Hall–Kier alpha value is -3.67. The highest BCUT2D eigenvalue weighted by Crippen LogP contribution is 2.19. The summed E-state index contributed by atoms with van der Waals surface area (Å²) in [6, 6.07) is 15.3. The van der Waals surface area contributed by atoms with Gasteiger partial charge in [-0.3, -0.25) is 4.79 Å². The summed E-state index contributed by atoms with van der Waals surface area (Å²) in [5.41, 5.74) is 10.0. The summed E-state index contributed by atoms with van der Waals surface area (Å²) in [7, 11) is -3.85. The topological polar surface area (TPSA) is 128 Å². The lowest BCUT2D eigenvalue weighted by Gasteiger charge is -2.28. The Morgan fingerprint density at radius 3 is 2.15 bits per heavy atom. The van der Waals surface area contributed by atoms with Crippen molar-refractivity contribution in [3.05, 3.63) is 106 Å². The van der Waals surface area contributed by atoms with Gasteiger partial charge in [0.05, 0.1) is 11.0 Å². The molecule has 0 saturated carbocycles. The van der Waals surface area contributed by atoms with E-state index in [4.69, 9.17) is 10.5 Å². The molecule has 0 radical (unpaired) electrons. The first-order valence-corrected chi connectivity index (χ1v) is 18.3.